The molecule has 0 aliphatic rings. The molecular weight excluding hydrogens is 340 g/mol. The lowest BCUT2D eigenvalue weighted by Gasteiger charge is -2.22. The Balaban J connectivity index is 1.64. The number of anilines is 1. The number of nitrogens with zero attached hydrogens (tertiary/aromatic N) is 3. The van der Waals surface area contributed by atoms with E-state index in [2.05, 4.69) is 30.8 Å². The second-order valence-corrected chi connectivity index (χ2v) is 6.26. The highest BCUT2D eigenvalue weighted by Gasteiger charge is 2.17. The van der Waals surface area contributed by atoms with E-state index in [0.717, 1.165) is 27.7 Å². The van der Waals surface area contributed by atoms with E-state index in [1.807, 2.05) is 31.2 Å². The molecule has 3 heterocycles. The number of pyridine rings is 2. The average molecular weight is 358 g/mol. The first-order valence-corrected chi connectivity index (χ1v) is 8.51. The smallest absolute Gasteiger partial charge is 0.254 e. The molecule has 0 aliphatic carbocycles. The molecule has 0 bridgehead atoms. The van der Waals surface area contributed by atoms with Crippen molar-refractivity contribution in [1.82, 2.24) is 25.5 Å². The van der Waals surface area contributed by atoms with Crippen molar-refractivity contribution in [2.24, 2.45) is 0 Å². The van der Waals surface area contributed by atoms with Crippen LogP contribution in [0.5, 0.6) is 0 Å². The van der Waals surface area contributed by atoms with Crippen molar-refractivity contribution in [2.45, 2.75) is 13.1 Å². The van der Waals surface area contributed by atoms with Gasteiger partial charge in [-0.25, -0.2) is 0 Å². The van der Waals surface area contributed by atoms with Gasteiger partial charge >= 0.3 is 0 Å². The van der Waals surface area contributed by atoms with Gasteiger partial charge in [0.2, 0.25) is 0 Å². The van der Waals surface area contributed by atoms with Gasteiger partial charge in [-0.2, -0.15) is 5.10 Å². The van der Waals surface area contributed by atoms with Crippen LogP contribution in [0.3, 0.4) is 0 Å². The van der Waals surface area contributed by atoms with E-state index in [1.54, 1.807) is 36.9 Å². The fourth-order valence-corrected chi connectivity index (χ4v) is 2.84. The first-order valence-electron chi connectivity index (χ1n) is 8.51. The third-order valence-electron chi connectivity index (χ3n) is 4.18. The van der Waals surface area contributed by atoms with Crippen molar-refractivity contribution in [1.29, 1.82) is 0 Å². The number of benzene rings is 1. The van der Waals surface area contributed by atoms with Gasteiger partial charge in [0, 0.05) is 41.4 Å². The zero-order valence-corrected chi connectivity index (χ0v) is 14.7. The van der Waals surface area contributed by atoms with Crippen LogP contribution in [0.4, 0.5) is 5.69 Å². The molecule has 0 saturated carbocycles. The number of nitrogens with one attached hydrogen (secondary N) is 3. The Bertz CT molecular complexity index is 1080. The van der Waals surface area contributed by atoms with Crippen LogP contribution in [0.2, 0.25) is 0 Å². The SMILES string of the molecule is Cc1cncc(C(NC(=O)c2cccnc2)Nc2ccc3cn[nH]c3c2)c1. The van der Waals surface area contributed by atoms with Crippen molar-refractivity contribution in [2.75, 3.05) is 5.32 Å². The summed E-state index contributed by atoms with van der Waals surface area (Å²) in [7, 11) is 0. The largest absolute Gasteiger partial charge is 0.361 e. The highest BCUT2D eigenvalue weighted by atomic mass is 16.1. The first kappa shape index (κ1) is 16.7. The summed E-state index contributed by atoms with van der Waals surface area (Å²) < 4.78 is 0. The molecule has 27 heavy (non-hydrogen) atoms. The fourth-order valence-electron chi connectivity index (χ4n) is 2.84. The molecule has 3 N–H and O–H groups in total. The Morgan fingerprint density at radius 3 is 2.81 bits per heavy atom. The minimum Gasteiger partial charge on any atom is -0.361 e. The second-order valence-electron chi connectivity index (χ2n) is 6.26. The molecule has 0 aliphatic heterocycles. The summed E-state index contributed by atoms with van der Waals surface area (Å²) in [6, 6.07) is 11.3. The van der Waals surface area contributed by atoms with Gasteiger partial charge in [-0.05, 0) is 48.9 Å². The number of hydrogen-bond acceptors (Lipinski definition) is 5. The molecule has 4 rings (SSSR count). The number of hydrogen-bond donors (Lipinski definition) is 3. The van der Waals surface area contributed by atoms with Crippen molar-refractivity contribution in [3.63, 3.8) is 0 Å². The number of H-pyrrole nitrogens is 1. The van der Waals surface area contributed by atoms with Gasteiger partial charge in [0.1, 0.15) is 6.17 Å². The molecule has 134 valence electrons. The van der Waals surface area contributed by atoms with E-state index >= 15 is 0 Å². The monoisotopic (exact) mass is 358 g/mol. The lowest BCUT2D eigenvalue weighted by Crippen LogP contribution is -2.33. The van der Waals surface area contributed by atoms with Crippen LogP contribution in [0, 0.1) is 6.92 Å². The molecule has 0 saturated heterocycles. The number of aryl methyl sites for hydroxylation is 1. The van der Waals surface area contributed by atoms with Crippen molar-refractivity contribution in [3.05, 3.63) is 84.1 Å². The lowest BCUT2D eigenvalue weighted by molar-refractivity contribution is 0.0941. The number of aromatic nitrogens is 4. The maximum atomic E-state index is 12.6. The van der Waals surface area contributed by atoms with Crippen LogP contribution in [0.25, 0.3) is 10.9 Å². The van der Waals surface area contributed by atoms with Crippen molar-refractivity contribution in [3.8, 4) is 0 Å². The van der Waals surface area contributed by atoms with Gasteiger partial charge < -0.3 is 10.6 Å². The van der Waals surface area contributed by atoms with Crippen LogP contribution in [0.1, 0.15) is 27.7 Å². The summed E-state index contributed by atoms with van der Waals surface area (Å²) in [6.45, 7) is 1.97. The number of rotatable bonds is 5. The van der Waals surface area contributed by atoms with Crippen LogP contribution < -0.4 is 10.6 Å². The molecule has 0 spiro atoms. The molecule has 7 nitrogen and oxygen atoms in total. The zero-order chi connectivity index (χ0) is 18.6. The summed E-state index contributed by atoms with van der Waals surface area (Å²) >= 11 is 0. The molecule has 1 amide bonds. The van der Waals surface area contributed by atoms with E-state index in [0.29, 0.717) is 5.56 Å². The van der Waals surface area contributed by atoms with E-state index in [-0.39, 0.29) is 5.91 Å². The maximum absolute atomic E-state index is 12.6. The lowest BCUT2D eigenvalue weighted by atomic mass is 10.1. The highest BCUT2D eigenvalue weighted by molar-refractivity contribution is 5.94. The topological polar surface area (TPSA) is 95.6 Å². The third kappa shape index (κ3) is 3.77. The molecular formula is C20H18N6O. The van der Waals surface area contributed by atoms with E-state index in [1.165, 1.54) is 6.20 Å². The summed E-state index contributed by atoms with van der Waals surface area (Å²) in [4.78, 5) is 20.9. The van der Waals surface area contributed by atoms with Gasteiger partial charge in [-0.1, -0.05) is 0 Å². The molecule has 3 aromatic heterocycles. The standard InChI is InChI=1S/C20H18N6O/c1-13-7-16(11-22-9-13)19(25-20(27)15-3-2-6-21-10-15)24-17-5-4-14-12-23-26-18(14)8-17/h2-12,19,24H,1H3,(H,23,26)(H,25,27). The summed E-state index contributed by atoms with van der Waals surface area (Å²) in [5, 5.41) is 14.4. The Kier molecular flexibility index (Phi) is 4.49. The first-order chi connectivity index (χ1) is 13.2. The number of amides is 1. The van der Waals surface area contributed by atoms with Gasteiger partial charge in [0.15, 0.2) is 0 Å². The minimum absolute atomic E-state index is 0.218. The van der Waals surface area contributed by atoms with Crippen LogP contribution in [-0.4, -0.2) is 26.1 Å². The molecule has 0 fully saturated rings. The zero-order valence-electron chi connectivity index (χ0n) is 14.7. The Morgan fingerprint density at radius 1 is 1.07 bits per heavy atom. The highest BCUT2D eigenvalue weighted by Crippen LogP contribution is 2.22. The number of carbonyl (C=O) groups is 1. The Morgan fingerprint density at radius 2 is 2.00 bits per heavy atom. The maximum Gasteiger partial charge on any atom is 0.254 e. The number of fused-ring (bicyclic) bond motifs is 1. The molecule has 0 radical (unpaired) electrons. The van der Waals surface area contributed by atoms with Gasteiger partial charge in [0.25, 0.3) is 5.91 Å². The fraction of sp³-hybridized carbons (Fsp3) is 0.100. The predicted molar refractivity (Wildman–Crippen MR) is 103 cm³/mol. The van der Waals surface area contributed by atoms with Crippen molar-refractivity contribution < 1.29 is 4.79 Å². The van der Waals surface area contributed by atoms with E-state index in [9.17, 15) is 4.79 Å². The number of carbonyl (C=O) groups excluding carboxylic acids is 1. The Hall–Kier alpha value is -3.74. The van der Waals surface area contributed by atoms with Crippen LogP contribution in [0.15, 0.2) is 67.4 Å². The number of aromatic amines is 1. The van der Waals surface area contributed by atoms with Crippen molar-refractivity contribution >= 4 is 22.5 Å². The summed E-state index contributed by atoms with van der Waals surface area (Å²) in [5.74, 6) is -0.218. The Labute approximate surface area is 155 Å². The minimum atomic E-state index is -0.453. The van der Waals surface area contributed by atoms with Gasteiger partial charge in [-0.3, -0.25) is 19.9 Å². The molecule has 1 aromatic carbocycles. The van der Waals surface area contributed by atoms with Gasteiger partial charge in [-0.15, -0.1) is 0 Å². The second kappa shape index (κ2) is 7.25. The van der Waals surface area contributed by atoms with E-state index in [4.69, 9.17) is 0 Å². The molecule has 4 aromatic rings. The normalized spacial score (nSPS) is 11.9. The third-order valence-corrected chi connectivity index (χ3v) is 4.18. The average Bonchev–Trinajstić information content (AvgIpc) is 3.16. The molecule has 7 heteroatoms. The van der Waals surface area contributed by atoms with Crippen LogP contribution >= 0.6 is 0 Å². The van der Waals surface area contributed by atoms with Crippen LogP contribution in [-0.2, 0) is 0 Å². The predicted octanol–water partition coefficient (Wildman–Crippen LogP) is 3.20. The van der Waals surface area contributed by atoms with E-state index < -0.39 is 6.17 Å². The quantitative estimate of drug-likeness (QED) is 0.476. The molecule has 1 atom stereocenters. The summed E-state index contributed by atoms with van der Waals surface area (Å²) in [6.07, 6.45) is 8.01. The summed E-state index contributed by atoms with van der Waals surface area (Å²) in [5.41, 5.74) is 4.13. The molecule has 1 unspecified atom stereocenters. The van der Waals surface area contributed by atoms with Gasteiger partial charge in [0.05, 0.1) is 17.3 Å².